The van der Waals surface area contributed by atoms with E-state index >= 15 is 0 Å². The van der Waals surface area contributed by atoms with Crippen LogP contribution in [0.3, 0.4) is 0 Å². The van der Waals surface area contributed by atoms with Crippen LogP contribution in [0.2, 0.25) is 0 Å². The van der Waals surface area contributed by atoms with Crippen LogP contribution in [-0.4, -0.2) is 33.3 Å². The van der Waals surface area contributed by atoms with E-state index in [-0.39, 0.29) is 18.2 Å². The summed E-state index contributed by atoms with van der Waals surface area (Å²) in [7, 11) is 0. The highest BCUT2D eigenvalue weighted by atomic mass is 32.1. The van der Waals surface area contributed by atoms with Gasteiger partial charge in [-0.3, -0.25) is 4.79 Å². The molecule has 0 radical (unpaired) electrons. The first-order valence-corrected chi connectivity index (χ1v) is 10.8. The molecule has 2 aromatic carbocycles. The molecule has 3 aromatic rings. The fraction of sp³-hybridized carbons (Fsp3) is 0.333. The lowest BCUT2D eigenvalue weighted by atomic mass is 10.1. The Morgan fingerprint density at radius 2 is 1.97 bits per heavy atom. The van der Waals surface area contributed by atoms with Crippen LogP contribution in [0.5, 0.6) is 0 Å². The Morgan fingerprint density at radius 3 is 2.67 bits per heavy atom. The molecule has 0 aliphatic rings. The number of H-pyrrole nitrogens is 1. The maximum atomic E-state index is 12.7. The first-order chi connectivity index (χ1) is 14.5. The van der Waals surface area contributed by atoms with Gasteiger partial charge in [0.2, 0.25) is 0 Å². The molecule has 0 aliphatic heterocycles. The van der Waals surface area contributed by atoms with Gasteiger partial charge < -0.3 is 20.3 Å². The Bertz CT molecular complexity index is 1050. The quantitative estimate of drug-likeness (QED) is 0.479. The number of nitrogens with zero attached hydrogens (tertiary/aromatic N) is 1. The number of pyridine rings is 1. The van der Waals surface area contributed by atoms with Gasteiger partial charge in [0.05, 0.1) is 12.6 Å². The second kappa shape index (κ2) is 10.4. The normalized spacial score (nSPS) is 12.0. The van der Waals surface area contributed by atoms with E-state index in [1.54, 1.807) is 0 Å². The Kier molecular flexibility index (Phi) is 7.60. The van der Waals surface area contributed by atoms with Gasteiger partial charge >= 0.3 is 0 Å². The van der Waals surface area contributed by atoms with Crippen molar-refractivity contribution in [3.63, 3.8) is 0 Å². The minimum atomic E-state index is -0.111. The van der Waals surface area contributed by atoms with E-state index in [0.717, 1.165) is 22.9 Å². The van der Waals surface area contributed by atoms with E-state index in [1.807, 2.05) is 41.3 Å². The average Bonchev–Trinajstić information content (AvgIpc) is 2.77. The zero-order chi connectivity index (χ0) is 21.5. The van der Waals surface area contributed by atoms with E-state index in [9.17, 15) is 9.90 Å². The number of aromatic amines is 1. The number of nitrogens with one attached hydrogen (secondary N) is 2. The summed E-state index contributed by atoms with van der Waals surface area (Å²) < 4.78 is 0. The van der Waals surface area contributed by atoms with E-state index in [4.69, 9.17) is 12.2 Å². The summed E-state index contributed by atoms with van der Waals surface area (Å²) in [5.74, 6) is 0. The average molecular weight is 424 g/mol. The summed E-state index contributed by atoms with van der Waals surface area (Å²) >= 11 is 5.66. The summed E-state index contributed by atoms with van der Waals surface area (Å²) in [4.78, 5) is 17.6. The molecular formula is C24H29N3O2S. The van der Waals surface area contributed by atoms with Crippen molar-refractivity contribution in [3.8, 4) is 0 Å². The topological polar surface area (TPSA) is 68.4 Å². The fourth-order valence-electron chi connectivity index (χ4n) is 3.46. The van der Waals surface area contributed by atoms with Gasteiger partial charge in [-0.2, -0.15) is 0 Å². The second-order valence-corrected chi connectivity index (χ2v) is 7.87. The SMILES string of the molecule is CCc1ccc2[nH]c(=O)c(CN(CCCO)C(=S)NC(C)c3ccccc3)cc2c1. The van der Waals surface area contributed by atoms with Crippen molar-refractivity contribution in [1.82, 2.24) is 15.2 Å². The van der Waals surface area contributed by atoms with Crippen molar-refractivity contribution < 1.29 is 5.11 Å². The van der Waals surface area contributed by atoms with Crippen molar-refractivity contribution in [2.24, 2.45) is 0 Å². The van der Waals surface area contributed by atoms with Crippen LogP contribution in [0, 0.1) is 0 Å². The van der Waals surface area contributed by atoms with Gasteiger partial charge in [-0.05, 0) is 66.7 Å². The number of aliphatic hydroxyl groups is 1. The molecule has 30 heavy (non-hydrogen) atoms. The van der Waals surface area contributed by atoms with E-state index < -0.39 is 0 Å². The highest BCUT2D eigenvalue weighted by molar-refractivity contribution is 7.80. The van der Waals surface area contributed by atoms with Crippen molar-refractivity contribution in [3.05, 3.63) is 81.6 Å². The van der Waals surface area contributed by atoms with E-state index in [2.05, 4.69) is 42.3 Å². The van der Waals surface area contributed by atoms with Gasteiger partial charge in [0, 0.05) is 24.2 Å². The molecule has 0 saturated heterocycles. The van der Waals surface area contributed by atoms with Crippen LogP contribution >= 0.6 is 12.2 Å². The first-order valence-electron chi connectivity index (χ1n) is 10.4. The molecule has 1 heterocycles. The predicted molar refractivity (Wildman–Crippen MR) is 127 cm³/mol. The van der Waals surface area contributed by atoms with Gasteiger partial charge in [-0.15, -0.1) is 0 Å². The molecule has 1 unspecified atom stereocenters. The van der Waals surface area contributed by atoms with Crippen LogP contribution in [0.1, 0.15) is 43.0 Å². The third-order valence-electron chi connectivity index (χ3n) is 5.27. The Balaban J connectivity index is 1.82. The molecule has 3 N–H and O–H groups in total. The minimum absolute atomic E-state index is 0.0392. The molecule has 0 fully saturated rings. The number of aliphatic hydroxyl groups excluding tert-OH is 1. The molecule has 0 amide bonds. The first kappa shape index (κ1) is 22.0. The number of aromatic nitrogens is 1. The van der Waals surface area contributed by atoms with Gasteiger partial charge in [0.1, 0.15) is 0 Å². The number of aryl methyl sites for hydroxylation is 1. The molecule has 0 bridgehead atoms. The van der Waals surface area contributed by atoms with Gasteiger partial charge in [-0.1, -0.05) is 43.3 Å². The van der Waals surface area contributed by atoms with Gasteiger partial charge in [-0.25, -0.2) is 0 Å². The highest BCUT2D eigenvalue weighted by Crippen LogP contribution is 2.16. The summed E-state index contributed by atoms with van der Waals surface area (Å²) in [6.07, 6.45) is 1.52. The molecule has 1 aromatic heterocycles. The predicted octanol–water partition coefficient (Wildman–Crippen LogP) is 3.91. The largest absolute Gasteiger partial charge is 0.396 e. The molecule has 0 saturated carbocycles. The van der Waals surface area contributed by atoms with Crippen LogP contribution in [0.4, 0.5) is 0 Å². The van der Waals surface area contributed by atoms with Crippen molar-refractivity contribution in [2.75, 3.05) is 13.2 Å². The lowest BCUT2D eigenvalue weighted by molar-refractivity contribution is 0.263. The van der Waals surface area contributed by atoms with Crippen molar-refractivity contribution in [2.45, 2.75) is 39.3 Å². The van der Waals surface area contributed by atoms with Crippen LogP contribution < -0.4 is 10.9 Å². The maximum absolute atomic E-state index is 12.7. The Morgan fingerprint density at radius 1 is 1.20 bits per heavy atom. The van der Waals surface area contributed by atoms with Crippen LogP contribution in [0.25, 0.3) is 10.9 Å². The molecule has 1 atom stereocenters. The monoisotopic (exact) mass is 423 g/mol. The Labute approximate surface area is 182 Å². The third kappa shape index (κ3) is 5.46. The Hall–Kier alpha value is -2.70. The van der Waals surface area contributed by atoms with E-state index in [0.29, 0.717) is 30.2 Å². The van der Waals surface area contributed by atoms with Crippen LogP contribution in [-0.2, 0) is 13.0 Å². The minimum Gasteiger partial charge on any atom is -0.396 e. The summed E-state index contributed by atoms with van der Waals surface area (Å²) in [6.45, 7) is 5.19. The maximum Gasteiger partial charge on any atom is 0.253 e. The molecule has 5 nitrogen and oxygen atoms in total. The third-order valence-corrected chi connectivity index (χ3v) is 5.64. The number of rotatable bonds is 8. The zero-order valence-electron chi connectivity index (χ0n) is 17.5. The molecular weight excluding hydrogens is 394 g/mol. The number of hydrogen-bond donors (Lipinski definition) is 3. The second-order valence-electron chi connectivity index (χ2n) is 7.48. The summed E-state index contributed by atoms with van der Waals surface area (Å²) in [5, 5.41) is 14.3. The lowest BCUT2D eigenvalue weighted by Gasteiger charge is -2.28. The molecule has 3 rings (SSSR count). The van der Waals surface area contributed by atoms with Gasteiger partial charge in [0.25, 0.3) is 5.56 Å². The van der Waals surface area contributed by atoms with Crippen molar-refractivity contribution in [1.29, 1.82) is 0 Å². The number of thiocarbonyl (C=S) groups is 1. The summed E-state index contributed by atoms with van der Waals surface area (Å²) in [5.41, 5.74) is 3.75. The lowest BCUT2D eigenvalue weighted by Crippen LogP contribution is -2.42. The number of benzene rings is 2. The number of hydrogen-bond acceptors (Lipinski definition) is 3. The molecule has 0 aliphatic carbocycles. The van der Waals surface area contributed by atoms with E-state index in [1.165, 1.54) is 5.56 Å². The summed E-state index contributed by atoms with van der Waals surface area (Å²) in [6, 6.07) is 18.2. The fourth-order valence-corrected chi connectivity index (χ4v) is 3.79. The van der Waals surface area contributed by atoms with Gasteiger partial charge in [0.15, 0.2) is 5.11 Å². The van der Waals surface area contributed by atoms with Crippen LogP contribution in [0.15, 0.2) is 59.4 Å². The number of fused-ring (bicyclic) bond motifs is 1. The standard InChI is InChI=1S/C24H29N3O2S/c1-3-18-10-11-22-20(14-18)15-21(23(29)26-22)16-27(12-7-13-28)24(30)25-17(2)19-8-5-4-6-9-19/h4-6,8-11,14-15,17,28H,3,7,12-13,16H2,1-2H3,(H,25,30)(H,26,29). The smallest absolute Gasteiger partial charge is 0.253 e. The molecule has 6 heteroatoms. The highest BCUT2D eigenvalue weighted by Gasteiger charge is 2.15. The molecule has 0 spiro atoms. The van der Waals surface area contributed by atoms with Crippen molar-refractivity contribution >= 4 is 28.2 Å². The zero-order valence-corrected chi connectivity index (χ0v) is 18.3. The molecule has 158 valence electrons.